The molecule has 0 heterocycles. The van der Waals surface area contributed by atoms with Gasteiger partial charge in [-0.05, 0) is 23.3 Å². The Morgan fingerprint density at radius 3 is 2.32 bits per heavy atom. The van der Waals surface area contributed by atoms with Crippen LogP contribution in [0.5, 0.6) is 0 Å². The van der Waals surface area contributed by atoms with Crippen molar-refractivity contribution < 1.29 is 8.42 Å². The summed E-state index contributed by atoms with van der Waals surface area (Å²) < 4.78 is 26.4. The molecule has 0 aliphatic heterocycles. The first-order valence-electron chi connectivity index (χ1n) is 5.91. The number of nitrogens with one attached hydrogen (secondary N) is 1. The second-order valence-electron chi connectivity index (χ2n) is 4.31. The highest BCUT2D eigenvalue weighted by Gasteiger charge is 2.10. The number of benzene rings is 2. The quantitative estimate of drug-likeness (QED) is 0.819. The van der Waals surface area contributed by atoms with E-state index in [1.807, 2.05) is 24.3 Å². The van der Waals surface area contributed by atoms with Crippen molar-refractivity contribution in [3.8, 4) is 0 Å². The maximum atomic E-state index is 11.9. The predicted molar refractivity (Wildman–Crippen MR) is 76.8 cm³/mol. The van der Waals surface area contributed by atoms with E-state index in [1.54, 1.807) is 30.3 Å². The molecule has 3 N–H and O–H groups in total. The van der Waals surface area contributed by atoms with E-state index in [4.69, 9.17) is 5.73 Å². The SMILES string of the molecule is Nc1cccc(CNS(=O)(=O)Cc2ccccc2)c1. The van der Waals surface area contributed by atoms with Crippen LogP contribution >= 0.6 is 0 Å². The normalized spacial score (nSPS) is 11.4. The van der Waals surface area contributed by atoms with Gasteiger partial charge in [-0.2, -0.15) is 0 Å². The lowest BCUT2D eigenvalue weighted by Gasteiger charge is -2.07. The monoisotopic (exact) mass is 276 g/mol. The van der Waals surface area contributed by atoms with E-state index < -0.39 is 10.0 Å². The van der Waals surface area contributed by atoms with Crippen LogP contribution in [0.25, 0.3) is 0 Å². The molecule has 0 bridgehead atoms. The highest BCUT2D eigenvalue weighted by Crippen LogP contribution is 2.08. The van der Waals surface area contributed by atoms with Crippen LogP contribution in [0.15, 0.2) is 54.6 Å². The molecular weight excluding hydrogens is 260 g/mol. The molecule has 0 fully saturated rings. The summed E-state index contributed by atoms with van der Waals surface area (Å²) in [6, 6.07) is 16.2. The summed E-state index contributed by atoms with van der Waals surface area (Å²) in [5, 5.41) is 0. The number of rotatable bonds is 5. The van der Waals surface area contributed by atoms with Gasteiger partial charge in [0.25, 0.3) is 0 Å². The smallest absolute Gasteiger partial charge is 0.216 e. The fraction of sp³-hybridized carbons (Fsp3) is 0.143. The molecular formula is C14H16N2O2S. The molecule has 0 saturated heterocycles. The summed E-state index contributed by atoms with van der Waals surface area (Å²) in [5.41, 5.74) is 7.88. The van der Waals surface area contributed by atoms with Crippen LogP contribution < -0.4 is 10.5 Å². The first kappa shape index (κ1) is 13.6. The summed E-state index contributed by atoms with van der Waals surface area (Å²) in [5.74, 6) is -0.0177. The third-order valence-corrected chi connectivity index (χ3v) is 3.94. The van der Waals surface area contributed by atoms with E-state index in [1.165, 1.54) is 0 Å². The third-order valence-electron chi connectivity index (χ3n) is 2.65. The number of hydrogen-bond donors (Lipinski definition) is 2. The van der Waals surface area contributed by atoms with Crippen LogP contribution in [0.3, 0.4) is 0 Å². The van der Waals surface area contributed by atoms with Crippen LogP contribution in [0.2, 0.25) is 0 Å². The minimum atomic E-state index is -3.34. The van der Waals surface area contributed by atoms with Crippen LogP contribution in [-0.2, 0) is 22.3 Å². The number of nitrogen functional groups attached to an aromatic ring is 1. The van der Waals surface area contributed by atoms with Gasteiger partial charge in [-0.25, -0.2) is 13.1 Å². The van der Waals surface area contributed by atoms with Crippen molar-refractivity contribution in [2.75, 3.05) is 5.73 Å². The average Bonchev–Trinajstić information content (AvgIpc) is 2.37. The third kappa shape index (κ3) is 4.39. The number of nitrogens with two attached hydrogens (primary N) is 1. The van der Waals surface area contributed by atoms with Crippen molar-refractivity contribution in [1.82, 2.24) is 4.72 Å². The number of hydrogen-bond acceptors (Lipinski definition) is 3. The van der Waals surface area contributed by atoms with Gasteiger partial charge in [0.1, 0.15) is 0 Å². The van der Waals surface area contributed by atoms with E-state index in [2.05, 4.69) is 4.72 Å². The van der Waals surface area contributed by atoms with E-state index in [9.17, 15) is 8.42 Å². The van der Waals surface area contributed by atoms with Gasteiger partial charge in [-0.1, -0.05) is 42.5 Å². The molecule has 2 rings (SSSR count). The molecule has 0 aliphatic carbocycles. The van der Waals surface area contributed by atoms with Gasteiger partial charge in [0, 0.05) is 12.2 Å². The van der Waals surface area contributed by atoms with Crippen molar-refractivity contribution in [2.45, 2.75) is 12.3 Å². The summed E-state index contributed by atoms with van der Waals surface area (Å²) in [6.45, 7) is 0.250. The zero-order valence-electron chi connectivity index (χ0n) is 10.4. The van der Waals surface area contributed by atoms with Crippen molar-refractivity contribution in [3.63, 3.8) is 0 Å². The second kappa shape index (κ2) is 5.86. The summed E-state index contributed by atoms with van der Waals surface area (Å²) in [6.07, 6.45) is 0. The van der Waals surface area contributed by atoms with Gasteiger partial charge < -0.3 is 5.73 Å². The lowest BCUT2D eigenvalue weighted by Crippen LogP contribution is -2.24. The fourth-order valence-corrected chi connectivity index (χ4v) is 2.86. The van der Waals surface area contributed by atoms with E-state index in [0.29, 0.717) is 5.69 Å². The second-order valence-corrected chi connectivity index (χ2v) is 6.12. The van der Waals surface area contributed by atoms with Gasteiger partial charge in [-0.15, -0.1) is 0 Å². The molecule has 0 aromatic heterocycles. The largest absolute Gasteiger partial charge is 0.399 e. The van der Waals surface area contributed by atoms with Crippen LogP contribution in [0.4, 0.5) is 5.69 Å². The minimum Gasteiger partial charge on any atom is -0.399 e. The van der Waals surface area contributed by atoms with Crippen molar-refractivity contribution in [1.29, 1.82) is 0 Å². The molecule has 2 aromatic carbocycles. The zero-order chi connectivity index (χ0) is 13.7. The van der Waals surface area contributed by atoms with Crippen molar-refractivity contribution in [2.24, 2.45) is 0 Å². The van der Waals surface area contributed by atoms with Gasteiger partial charge >= 0.3 is 0 Å². The van der Waals surface area contributed by atoms with Crippen molar-refractivity contribution in [3.05, 3.63) is 65.7 Å². The zero-order valence-corrected chi connectivity index (χ0v) is 11.2. The molecule has 0 spiro atoms. The van der Waals surface area contributed by atoms with Gasteiger partial charge in [0.15, 0.2) is 0 Å². The van der Waals surface area contributed by atoms with E-state index >= 15 is 0 Å². The van der Waals surface area contributed by atoms with Gasteiger partial charge in [0.2, 0.25) is 10.0 Å². The Balaban J connectivity index is 1.98. The van der Waals surface area contributed by atoms with Crippen LogP contribution in [0, 0.1) is 0 Å². The Morgan fingerprint density at radius 1 is 0.947 bits per heavy atom. The van der Waals surface area contributed by atoms with E-state index in [0.717, 1.165) is 11.1 Å². The topological polar surface area (TPSA) is 72.2 Å². The van der Waals surface area contributed by atoms with Gasteiger partial charge in [-0.3, -0.25) is 0 Å². The molecule has 19 heavy (non-hydrogen) atoms. The summed E-state index contributed by atoms with van der Waals surface area (Å²) in [4.78, 5) is 0. The predicted octanol–water partition coefficient (Wildman–Crippen LogP) is 1.89. The number of anilines is 1. The molecule has 0 amide bonds. The van der Waals surface area contributed by atoms with Crippen LogP contribution in [-0.4, -0.2) is 8.42 Å². The average molecular weight is 276 g/mol. The Kier molecular flexibility index (Phi) is 4.19. The van der Waals surface area contributed by atoms with E-state index in [-0.39, 0.29) is 12.3 Å². The Bertz CT molecular complexity index is 640. The van der Waals surface area contributed by atoms with Crippen LogP contribution in [0.1, 0.15) is 11.1 Å². The molecule has 100 valence electrons. The maximum Gasteiger partial charge on any atom is 0.216 e. The fourth-order valence-electron chi connectivity index (χ4n) is 1.74. The molecule has 2 aromatic rings. The number of sulfonamides is 1. The highest BCUT2D eigenvalue weighted by molar-refractivity contribution is 7.88. The summed E-state index contributed by atoms with van der Waals surface area (Å²) in [7, 11) is -3.34. The first-order valence-corrected chi connectivity index (χ1v) is 7.56. The van der Waals surface area contributed by atoms with Gasteiger partial charge in [0.05, 0.1) is 5.75 Å². The minimum absolute atomic E-state index is 0.0177. The Morgan fingerprint density at radius 2 is 1.63 bits per heavy atom. The highest BCUT2D eigenvalue weighted by atomic mass is 32.2. The molecule has 0 atom stereocenters. The molecule has 0 radical (unpaired) electrons. The molecule has 0 aliphatic rings. The standard InChI is InChI=1S/C14H16N2O2S/c15-14-8-4-7-13(9-14)10-16-19(17,18)11-12-5-2-1-3-6-12/h1-9,16H,10-11,15H2. The lowest BCUT2D eigenvalue weighted by molar-refractivity contribution is 0.580. The molecule has 5 heteroatoms. The Hall–Kier alpha value is -1.85. The summed E-state index contributed by atoms with van der Waals surface area (Å²) >= 11 is 0. The molecule has 0 unspecified atom stereocenters. The molecule has 4 nitrogen and oxygen atoms in total. The Labute approximate surface area is 113 Å². The lowest BCUT2D eigenvalue weighted by atomic mass is 10.2. The molecule has 0 saturated carbocycles. The first-order chi connectivity index (χ1) is 9.05. The maximum absolute atomic E-state index is 11.9. The van der Waals surface area contributed by atoms with Crippen molar-refractivity contribution >= 4 is 15.7 Å².